The smallest absolute Gasteiger partial charge is 0.165 e. The van der Waals surface area contributed by atoms with Crippen LogP contribution in [-0.4, -0.2) is 15.0 Å². The van der Waals surface area contributed by atoms with E-state index in [1.165, 1.54) is 62.6 Å². The van der Waals surface area contributed by atoms with Crippen molar-refractivity contribution in [3.05, 3.63) is 139 Å². The van der Waals surface area contributed by atoms with Gasteiger partial charge in [-0.1, -0.05) is 103 Å². The largest absolute Gasteiger partial charge is 0.208 e. The molecule has 0 unspecified atom stereocenters. The molecule has 0 saturated heterocycles. The van der Waals surface area contributed by atoms with Crippen LogP contribution in [0.4, 0.5) is 0 Å². The zero-order chi connectivity index (χ0) is 29.5. The predicted molar refractivity (Wildman–Crippen MR) is 190 cm³/mol. The first-order chi connectivity index (χ1) is 22.3. The number of fused-ring (bicyclic) bond motifs is 9. The summed E-state index contributed by atoms with van der Waals surface area (Å²) in [6, 6.07) is 45.5. The molecule has 0 spiro atoms. The topological polar surface area (TPSA) is 38.7 Å². The second-order valence-corrected chi connectivity index (χ2v) is 13.6. The Kier molecular flexibility index (Phi) is 5.38. The Morgan fingerprint density at radius 1 is 0.378 bits per heavy atom. The molecule has 10 rings (SSSR count). The van der Waals surface area contributed by atoms with Gasteiger partial charge in [0.25, 0.3) is 0 Å². The van der Waals surface area contributed by atoms with Crippen LogP contribution in [0.2, 0.25) is 0 Å². The van der Waals surface area contributed by atoms with E-state index in [0.29, 0.717) is 11.6 Å². The van der Waals surface area contributed by atoms with E-state index in [4.69, 9.17) is 15.0 Å². The summed E-state index contributed by atoms with van der Waals surface area (Å²) in [5.41, 5.74) is 8.34. The van der Waals surface area contributed by atoms with Gasteiger partial charge in [0.2, 0.25) is 0 Å². The van der Waals surface area contributed by atoms with Crippen molar-refractivity contribution in [3.8, 4) is 45.3 Å². The Labute approximate surface area is 267 Å². The second kappa shape index (κ2) is 9.63. The van der Waals surface area contributed by atoms with Crippen molar-refractivity contribution in [2.45, 2.75) is 6.42 Å². The third-order valence-corrected chi connectivity index (χ3v) is 11.5. The first-order valence-electron chi connectivity index (χ1n) is 15.1. The van der Waals surface area contributed by atoms with E-state index < -0.39 is 0 Å². The van der Waals surface area contributed by atoms with Crippen LogP contribution in [0.5, 0.6) is 0 Å². The summed E-state index contributed by atoms with van der Waals surface area (Å²) in [5.74, 6) is 2.13. The fourth-order valence-electron chi connectivity index (χ4n) is 6.95. The van der Waals surface area contributed by atoms with E-state index in [0.717, 1.165) is 28.9 Å². The molecule has 210 valence electrons. The van der Waals surface area contributed by atoms with Crippen molar-refractivity contribution >= 4 is 63.0 Å². The van der Waals surface area contributed by atoms with Gasteiger partial charge in [-0.15, -0.1) is 22.7 Å². The van der Waals surface area contributed by atoms with Gasteiger partial charge in [0, 0.05) is 57.0 Å². The minimum atomic E-state index is 0.707. The molecule has 0 radical (unpaired) electrons. The molecule has 3 heterocycles. The number of aromatic nitrogens is 3. The fraction of sp³-hybridized carbons (Fsp3) is 0.0250. The minimum Gasteiger partial charge on any atom is -0.208 e. The van der Waals surface area contributed by atoms with Crippen molar-refractivity contribution in [1.82, 2.24) is 15.0 Å². The Hall–Kier alpha value is -5.23. The lowest BCUT2D eigenvalue weighted by Gasteiger charge is -2.12. The van der Waals surface area contributed by atoms with Crippen LogP contribution in [0.25, 0.3) is 85.6 Å². The summed E-state index contributed by atoms with van der Waals surface area (Å²) in [6.07, 6.45) is 0.871. The number of hydrogen-bond donors (Lipinski definition) is 0. The van der Waals surface area contributed by atoms with Crippen LogP contribution < -0.4 is 0 Å². The molecule has 0 amide bonds. The second-order valence-electron chi connectivity index (χ2n) is 11.5. The highest BCUT2D eigenvalue weighted by Gasteiger charge is 2.24. The molecular formula is C40H23N3S2. The van der Waals surface area contributed by atoms with Gasteiger partial charge in [0.05, 0.1) is 0 Å². The van der Waals surface area contributed by atoms with Gasteiger partial charge in [0.15, 0.2) is 17.5 Å². The van der Waals surface area contributed by atoms with Crippen molar-refractivity contribution in [3.63, 3.8) is 0 Å². The molecule has 0 fully saturated rings. The average Bonchev–Trinajstić information content (AvgIpc) is 3.79. The molecule has 0 N–H and O–H groups in total. The van der Waals surface area contributed by atoms with E-state index in [1.807, 2.05) is 0 Å². The summed E-state index contributed by atoms with van der Waals surface area (Å²) in [4.78, 5) is 15.8. The third kappa shape index (κ3) is 3.78. The zero-order valence-corrected chi connectivity index (χ0v) is 25.6. The molecule has 0 atom stereocenters. The van der Waals surface area contributed by atoms with E-state index in [9.17, 15) is 0 Å². The van der Waals surface area contributed by atoms with Crippen molar-refractivity contribution in [2.75, 3.05) is 0 Å². The minimum absolute atomic E-state index is 0.707. The molecule has 0 saturated carbocycles. The van der Waals surface area contributed by atoms with Crippen molar-refractivity contribution in [1.29, 1.82) is 0 Å². The molecule has 45 heavy (non-hydrogen) atoms. The number of benzene rings is 6. The lowest BCUT2D eigenvalue weighted by molar-refractivity contribution is 1.07. The fourth-order valence-corrected chi connectivity index (χ4v) is 9.37. The van der Waals surface area contributed by atoms with Gasteiger partial charge in [0.1, 0.15) is 0 Å². The van der Waals surface area contributed by atoms with Gasteiger partial charge in [-0.2, -0.15) is 0 Å². The Morgan fingerprint density at radius 2 is 0.822 bits per heavy atom. The van der Waals surface area contributed by atoms with Crippen LogP contribution in [0.1, 0.15) is 11.1 Å². The Balaban J connectivity index is 1.26. The SMILES string of the molecule is c1ccc2c(c1)Cc1c(-c3nc(-c4cccc5c4sc4ccccc45)nc(-c4cccc5c4sc4ccccc45)n3)cccc1-2. The molecule has 0 aliphatic heterocycles. The lowest BCUT2D eigenvalue weighted by atomic mass is 10.0. The highest BCUT2D eigenvalue weighted by atomic mass is 32.1. The van der Waals surface area contributed by atoms with Crippen molar-refractivity contribution in [2.24, 2.45) is 0 Å². The first kappa shape index (κ1) is 25.1. The van der Waals surface area contributed by atoms with Gasteiger partial charge in [-0.05, 0) is 52.9 Å². The maximum atomic E-state index is 5.27. The maximum absolute atomic E-state index is 5.27. The quantitative estimate of drug-likeness (QED) is 0.200. The van der Waals surface area contributed by atoms with Crippen LogP contribution in [-0.2, 0) is 6.42 Å². The monoisotopic (exact) mass is 609 g/mol. The summed E-state index contributed by atoms with van der Waals surface area (Å²) in [5, 5.41) is 5.00. The summed E-state index contributed by atoms with van der Waals surface area (Å²) in [7, 11) is 0. The maximum Gasteiger partial charge on any atom is 0.165 e. The van der Waals surface area contributed by atoms with Gasteiger partial charge < -0.3 is 0 Å². The van der Waals surface area contributed by atoms with E-state index >= 15 is 0 Å². The molecule has 3 aromatic heterocycles. The van der Waals surface area contributed by atoms with Gasteiger partial charge in [-0.3, -0.25) is 0 Å². The molecular weight excluding hydrogens is 587 g/mol. The summed E-state index contributed by atoms with van der Waals surface area (Å²) >= 11 is 3.61. The highest BCUT2D eigenvalue weighted by Crippen LogP contribution is 2.44. The van der Waals surface area contributed by atoms with Crippen LogP contribution in [0.15, 0.2) is 127 Å². The average molecular weight is 610 g/mol. The Bertz CT molecular complexity index is 2510. The van der Waals surface area contributed by atoms with Crippen LogP contribution in [0.3, 0.4) is 0 Å². The molecule has 3 nitrogen and oxygen atoms in total. The molecule has 1 aliphatic rings. The normalized spacial score (nSPS) is 12.4. The first-order valence-corrected chi connectivity index (χ1v) is 16.7. The van der Waals surface area contributed by atoms with Crippen LogP contribution in [0, 0.1) is 0 Å². The Morgan fingerprint density at radius 3 is 1.47 bits per heavy atom. The van der Waals surface area contributed by atoms with Crippen molar-refractivity contribution < 1.29 is 0 Å². The number of thiophene rings is 2. The molecule has 9 aromatic rings. The van der Waals surface area contributed by atoms with E-state index in [2.05, 4.69) is 127 Å². The van der Waals surface area contributed by atoms with E-state index in [-0.39, 0.29) is 0 Å². The van der Waals surface area contributed by atoms with E-state index in [1.54, 1.807) is 22.7 Å². The van der Waals surface area contributed by atoms with Crippen LogP contribution >= 0.6 is 22.7 Å². The summed E-state index contributed by atoms with van der Waals surface area (Å²) < 4.78 is 4.94. The molecule has 0 bridgehead atoms. The summed E-state index contributed by atoms with van der Waals surface area (Å²) in [6.45, 7) is 0. The number of hydrogen-bond acceptors (Lipinski definition) is 5. The van der Waals surface area contributed by atoms with Gasteiger partial charge >= 0.3 is 0 Å². The molecule has 1 aliphatic carbocycles. The lowest BCUT2D eigenvalue weighted by Crippen LogP contribution is -2.02. The predicted octanol–water partition coefficient (Wildman–Crippen LogP) is 11.2. The third-order valence-electron chi connectivity index (χ3n) is 9.02. The molecule has 6 aromatic carbocycles. The number of rotatable bonds is 3. The zero-order valence-electron chi connectivity index (χ0n) is 24.0. The van der Waals surface area contributed by atoms with Gasteiger partial charge in [-0.25, -0.2) is 15.0 Å². The molecule has 5 heteroatoms. The standard InChI is InChI=1S/C40H23N3S2/c1-2-11-24-23(10-1)22-33-25(24)14-7-17-30(33)38-41-39(31-18-8-15-28-26-12-3-5-20-34(26)44-36(28)31)43-40(42-38)32-19-9-16-29-27-13-4-6-21-35(27)45-37(29)32/h1-21H,22H2. The highest BCUT2D eigenvalue weighted by molar-refractivity contribution is 7.26. The number of nitrogens with zero attached hydrogens (tertiary/aromatic N) is 3.